The molecule has 0 aromatic heterocycles. The smallest absolute Gasteiger partial charge is 0.297 e. The fourth-order valence-electron chi connectivity index (χ4n) is 3.10. The van der Waals surface area contributed by atoms with Crippen molar-refractivity contribution in [1.82, 2.24) is 0 Å². The van der Waals surface area contributed by atoms with Gasteiger partial charge in [-0.05, 0) is 38.1 Å². The molecule has 2 aliphatic heterocycles. The maximum absolute atomic E-state index is 12.4. The van der Waals surface area contributed by atoms with E-state index >= 15 is 0 Å². The van der Waals surface area contributed by atoms with Gasteiger partial charge < -0.3 is 23.7 Å². The lowest BCUT2D eigenvalue weighted by molar-refractivity contribution is -0.215. The summed E-state index contributed by atoms with van der Waals surface area (Å²) in [6.45, 7) is 6.92. The molecule has 27 heavy (non-hydrogen) atoms. The number of benzene rings is 1. The fourth-order valence-corrected chi connectivity index (χ4v) is 4.02. The molecule has 0 radical (unpaired) electrons. The summed E-state index contributed by atoms with van der Waals surface area (Å²) < 4.78 is 57.7. The Morgan fingerprint density at radius 2 is 2.00 bits per heavy atom. The summed E-state index contributed by atoms with van der Waals surface area (Å²) in [7, 11) is -2.45. The second kappa shape index (κ2) is 7.76. The van der Waals surface area contributed by atoms with Crippen LogP contribution in [0.15, 0.2) is 42.0 Å². The molecule has 8 nitrogen and oxygen atoms in total. The summed E-state index contributed by atoms with van der Waals surface area (Å²) in [5.41, 5.74) is 0. The fraction of sp³-hybridized carbons (Fsp3) is 0.556. The molecular weight excluding hydrogens is 376 g/mol. The summed E-state index contributed by atoms with van der Waals surface area (Å²) in [6, 6.07) is 5.92. The van der Waals surface area contributed by atoms with Crippen molar-refractivity contribution in [2.24, 2.45) is 0 Å². The first-order valence-electron chi connectivity index (χ1n) is 8.55. The Balaban J connectivity index is 1.62. The standard InChI is InChI=1S/C18H24O8S/c1-5-22-16(14-10-15-17(24-14)26-18(2,3)25-15)11-23-27(19,20)13-8-6-12(21-4)7-9-13/h5-9,14-17H,1,10-11H2,2-4H3/t14-,15+,16+,17+/m0/s1. The van der Waals surface area contributed by atoms with E-state index in [1.807, 2.05) is 13.8 Å². The summed E-state index contributed by atoms with van der Waals surface area (Å²) in [6.07, 6.45) is -0.134. The van der Waals surface area contributed by atoms with Crippen molar-refractivity contribution in [2.45, 2.75) is 55.6 Å². The number of methoxy groups -OCH3 is 1. The van der Waals surface area contributed by atoms with E-state index in [4.69, 9.17) is 27.9 Å². The van der Waals surface area contributed by atoms with Gasteiger partial charge >= 0.3 is 0 Å². The predicted octanol–water partition coefficient (Wildman–Crippen LogP) is 2.20. The molecule has 9 heteroatoms. The van der Waals surface area contributed by atoms with Crippen LogP contribution in [0.2, 0.25) is 0 Å². The van der Waals surface area contributed by atoms with Gasteiger partial charge in [-0.1, -0.05) is 6.58 Å². The minimum Gasteiger partial charge on any atom is -0.497 e. The van der Waals surface area contributed by atoms with E-state index < -0.39 is 34.4 Å². The summed E-state index contributed by atoms with van der Waals surface area (Å²) in [5.74, 6) is -0.154. The molecule has 0 bridgehead atoms. The number of ether oxygens (including phenoxy) is 5. The van der Waals surface area contributed by atoms with Gasteiger partial charge in [0.1, 0.15) is 30.7 Å². The second-order valence-corrected chi connectivity index (χ2v) is 8.32. The Hall–Kier alpha value is -1.65. The molecule has 2 aliphatic rings. The summed E-state index contributed by atoms with van der Waals surface area (Å²) in [5, 5.41) is 0. The number of hydrogen-bond acceptors (Lipinski definition) is 8. The van der Waals surface area contributed by atoms with E-state index in [9.17, 15) is 8.42 Å². The lowest BCUT2D eigenvalue weighted by Crippen LogP contribution is -2.35. The normalized spacial score (nSPS) is 27.7. The zero-order valence-electron chi connectivity index (χ0n) is 15.5. The van der Waals surface area contributed by atoms with Crippen LogP contribution in [0.25, 0.3) is 0 Å². The topological polar surface area (TPSA) is 89.5 Å². The first-order chi connectivity index (χ1) is 12.7. The van der Waals surface area contributed by atoms with Gasteiger partial charge in [-0.3, -0.25) is 4.18 Å². The molecule has 2 fully saturated rings. The molecule has 1 aromatic rings. The van der Waals surface area contributed by atoms with Crippen LogP contribution < -0.4 is 4.74 Å². The first-order valence-corrected chi connectivity index (χ1v) is 9.96. The van der Waals surface area contributed by atoms with Gasteiger partial charge in [0.05, 0.1) is 18.3 Å². The SMILES string of the molecule is C=CO[C@H](COS(=O)(=O)c1ccc(OC)cc1)[C@@H]1C[C@H]2OC(C)(C)O[C@H]2O1. The molecule has 4 atom stereocenters. The quantitative estimate of drug-likeness (QED) is 0.485. The van der Waals surface area contributed by atoms with E-state index in [1.54, 1.807) is 12.1 Å². The Labute approximate surface area is 159 Å². The van der Waals surface area contributed by atoms with Crippen LogP contribution in [-0.4, -0.2) is 52.5 Å². The molecule has 3 rings (SSSR count). The van der Waals surface area contributed by atoms with Gasteiger partial charge in [0.2, 0.25) is 0 Å². The van der Waals surface area contributed by atoms with Crippen molar-refractivity contribution in [1.29, 1.82) is 0 Å². The molecule has 2 saturated heterocycles. The molecule has 1 aromatic carbocycles. The van der Waals surface area contributed by atoms with Gasteiger partial charge in [-0.2, -0.15) is 8.42 Å². The number of rotatable bonds is 8. The zero-order chi connectivity index (χ0) is 19.7. The largest absolute Gasteiger partial charge is 0.497 e. The minimum atomic E-state index is -3.95. The van der Waals surface area contributed by atoms with E-state index in [0.29, 0.717) is 12.2 Å². The zero-order valence-corrected chi connectivity index (χ0v) is 16.3. The van der Waals surface area contributed by atoms with Gasteiger partial charge in [0.15, 0.2) is 12.1 Å². The van der Waals surface area contributed by atoms with Crippen molar-refractivity contribution in [2.75, 3.05) is 13.7 Å². The average molecular weight is 400 g/mol. The summed E-state index contributed by atoms with van der Waals surface area (Å²) >= 11 is 0. The lowest BCUT2D eigenvalue weighted by atomic mass is 10.1. The highest BCUT2D eigenvalue weighted by molar-refractivity contribution is 7.86. The molecular formula is C18H24O8S. The van der Waals surface area contributed by atoms with Gasteiger partial charge in [-0.15, -0.1) is 0 Å². The van der Waals surface area contributed by atoms with E-state index in [2.05, 4.69) is 6.58 Å². The van der Waals surface area contributed by atoms with Crippen LogP contribution in [0.4, 0.5) is 0 Å². The van der Waals surface area contributed by atoms with Crippen molar-refractivity contribution in [3.05, 3.63) is 37.1 Å². The van der Waals surface area contributed by atoms with Crippen LogP contribution in [0.5, 0.6) is 5.75 Å². The molecule has 2 heterocycles. The van der Waals surface area contributed by atoms with E-state index in [-0.39, 0.29) is 17.6 Å². The molecule has 0 N–H and O–H groups in total. The summed E-state index contributed by atoms with van der Waals surface area (Å²) in [4.78, 5) is 0.0262. The van der Waals surface area contributed by atoms with Gasteiger partial charge in [-0.25, -0.2) is 0 Å². The van der Waals surface area contributed by atoms with Crippen LogP contribution in [0.1, 0.15) is 20.3 Å². The maximum atomic E-state index is 12.4. The highest BCUT2D eigenvalue weighted by atomic mass is 32.2. The molecule has 0 aliphatic carbocycles. The Kier molecular flexibility index (Phi) is 5.78. The molecule has 0 saturated carbocycles. The monoisotopic (exact) mass is 400 g/mol. The Bertz CT molecular complexity index is 742. The predicted molar refractivity (Wildman–Crippen MR) is 94.5 cm³/mol. The van der Waals surface area contributed by atoms with Crippen LogP contribution in [-0.2, 0) is 33.2 Å². The number of fused-ring (bicyclic) bond motifs is 1. The Morgan fingerprint density at radius 3 is 2.59 bits per heavy atom. The van der Waals surface area contributed by atoms with Gasteiger partial charge in [0, 0.05) is 6.42 Å². The highest BCUT2D eigenvalue weighted by Crippen LogP contribution is 2.38. The molecule has 0 spiro atoms. The number of hydrogen-bond donors (Lipinski definition) is 0. The average Bonchev–Trinajstić information content (AvgIpc) is 3.12. The third-order valence-corrected chi connectivity index (χ3v) is 5.63. The van der Waals surface area contributed by atoms with Crippen molar-refractivity contribution in [3.8, 4) is 5.75 Å². The van der Waals surface area contributed by atoms with Crippen LogP contribution >= 0.6 is 0 Å². The second-order valence-electron chi connectivity index (χ2n) is 6.71. The minimum absolute atomic E-state index is 0.0262. The van der Waals surface area contributed by atoms with E-state index in [0.717, 1.165) is 0 Å². The third-order valence-electron chi connectivity index (χ3n) is 4.33. The van der Waals surface area contributed by atoms with Crippen LogP contribution in [0.3, 0.4) is 0 Å². The Morgan fingerprint density at radius 1 is 1.30 bits per heavy atom. The molecule has 0 amide bonds. The van der Waals surface area contributed by atoms with Crippen molar-refractivity contribution >= 4 is 10.1 Å². The van der Waals surface area contributed by atoms with Crippen molar-refractivity contribution in [3.63, 3.8) is 0 Å². The third kappa shape index (κ3) is 4.61. The van der Waals surface area contributed by atoms with Gasteiger partial charge in [0.25, 0.3) is 10.1 Å². The maximum Gasteiger partial charge on any atom is 0.297 e. The molecule has 150 valence electrons. The highest BCUT2D eigenvalue weighted by Gasteiger charge is 2.50. The van der Waals surface area contributed by atoms with Crippen LogP contribution in [0, 0.1) is 0 Å². The lowest BCUT2D eigenvalue weighted by Gasteiger charge is -2.25. The van der Waals surface area contributed by atoms with Crippen molar-refractivity contribution < 1.29 is 36.3 Å². The first kappa shape index (κ1) is 20.1. The van der Waals surface area contributed by atoms with E-state index in [1.165, 1.54) is 25.5 Å². The molecule has 0 unspecified atom stereocenters.